The molecule has 0 unspecified atom stereocenters. The van der Waals surface area contributed by atoms with Gasteiger partial charge in [-0.05, 0) is 6.92 Å². The first-order valence-corrected chi connectivity index (χ1v) is 5.53. The molecule has 0 atom stereocenters. The predicted octanol–water partition coefficient (Wildman–Crippen LogP) is 0.852. The molecule has 0 aliphatic heterocycles. The summed E-state index contributed by atoms with van der Waals surface area (Å²) in [5, 5.41) is 5.85. The molecule has 0 radical (unpaired) electrons. The lowest BCUT2D eigenvalue weighted by Crippen LogP contribution is -2.22. The van der Waals surface area contributed by atoms with Crippen molar-refractivity contribution in [1.82, 2.24) is 25.1 Å². The van der Waals surface area contributed by atoms with E-state index in [0.717, 1.165) is 0 Å². The van der Waals surface area contributed by atoms with E-state index in [1.165, 1.54) is 24.9 Å². The number of halogens is 3. The third kappa shape index (κ3) is 3.13. The van der Waals surface area contributed by atoms with Crippen LogP contribution < -0.4 is 10.6 Å². The van der Waals surface area contributed by atoms with Crippen molar-refractivity contribution in [2.75, 3.05) is 11.9 Å². The average molecular weight is 288 g/mol. The van der Waals surface area contributed by atoms with E-state index in [1.54, 1.807) is 0 Å². The highest BCUT2D eigenvalue weighted by atomic mass is 19.4. The molecule has 0 amide bonds. The second-order valence-electron chi connectivity index (χ2n) is 4.17. The molecule has 2 heterocycles. The summed E-state index contributed by atoms with van der Waals surface area (Å²) < 4.78 is 37.9. The maximum Gasteiger partial charge on any atom is 0.451 e. The molecule has 0 spiro atoms. The Bertz CT molecular complexity index is 661. The Morgan fingerprint density at radius 1 is 1.35 bits per heavy atom. The lowest BCUT2D eigenvalue weighted by atomic mass is 10.3. The number of hydrogen-bond donors (Lipinski definition) is 2. The molecule has 0 saturated carbocycles. The van der Waals surface area contributed by atoms with E-state index in [0.29, 0.717) is 5.82 Å². The Morgan fingerprint density at radius 2 is 2.05 bits per heavy atom. The fourth-order valence-corrected chi connectivity index (χ4v) is 1.56. The largest absolute Gasteiger partial charge is 0.451 e. The highest BCUT2D eigenvalue weighted by Crippen LogP contribution is 2.27. The molecule has 0 aliphatic carbocycles. The van der Waals surface area contributed by atoms with Gasteiger partial charge in [0.15, 0.2) is 0 Å². The molecule has 7 nitrogen and oxygen atoms in total. The van der Waals surface area contributed by atoms with Gasteiger partial charge in [0.05, 0.1) is 6.54 Å². The summed E-state index contributed by atoms with van der Waals surface area (Å²) >= 11 is 0. The number of anilines is 1. The normalized spacial score (nSPS) is 11.7. The Morgan fingerprint density at radius 3 is 2.60 bits per heavy atom. The van der Waals surface area contributed by atoms with Crippen molar-refractivity contribution in [3.05, 3.63) is 33.9 Å². The van der Waals surface area contributed by atoms with Crippen LogP contribution in [0.5, 0.6) is 0 Å². The van der Waals surface area contributed by atoms with Gasteiger partial charge in [-0.25, -0.2) is 19.9 Å². The SMILES string of the molecule is Cc1cc(N(C)Cc2n[nH]c(=O)[nH]2)nc(C(F)(F)F)n1. The zero-order valence-corrected chi connectivity index (χ0v) is 10.6. The molecule has 0 aromatic carbocycles. The monoisotopic (exact) mass is 288 g/mol. The number of H-pyrrole nitrogens is 2. The minimum atomic E-state index is -4.61. The maximum absolute atomic E-state index is 12.6. The highest BCUT2D eigenvalue weighted by molar-refractivity contribution is 5.39. The van der Waals surface area contributed by atoms with E-state index < -0.39 is 17.7 Å². The molecule has 2 aromatic rings. The van der Waals surface area contributed by atoms with Gasteiger partial charge in [-0.1, -0.05) is 0 Å². The Labute approximate surface area is 110 Å². The summed E-state index contributed by atoms with van der Waals surface area (Å²) in [4.78, 5) is 21.5. The van der Waals surface area contributed by atoms with Gasteiger partial charge in [-0.3, -0.25) is 4.98 Å². The van der Waals surface area contributed by atoms with Crippen LogP contribution in [0, 0.1) is 6.92 Å². The standard InChI is InChI=1S/C10H11F3N6O/c1-5-3-7(16-8(14-5)10(11,12)13)19(2)4-6-15-9(20)18-17-6/h3H,4H2,1-2H3,(H2,15,17,18,20). The molecular weight excluding hydrogens is 277 g/mol. The summed E-state index contributed by atoms with van der Waals surface area (Å²) in [6.45, 7) is 1.55. The van der Waals surface area contributed by atoms with Crippen LogP contribution in [0.1, 0.15) is 17.3 Å². The number of nitrogens with zero attached hydrogens (tertiary/aromatic N) is 4. The van der Waals surface area contributed by atoms with E-state index in [4.69, 9.17) is 0 Å². The van der Waals surface area contributed by atoms with Gasteiger partial charge in [0.25, 0.3) is 0 Å². The minimum Gasteiger partial charge on any atom is -0.352 e. The second-order valence-corrected chi connectivity index (χ2v) is 4.17. The minimum absolute atomic E-state index is 0.0914. The van der Waals surface area contributed by atoms with Crippen LogP contribution in [-0.2, 0) is 12.7 Å². The van der Waals surface area contributed by atoms with Crippen LogP contribution in [0.4, 0.5) is 19.0 Å². The number of aryl methyl sites for hydroxylation is 1. The summed E-state index contributed by atoms with van der Waals surface area (Å²) in [7, 11) is 1.54. The van der Waals surface area contributed by atoms with Gasteiger partial charge in [-0.15, -0.1) is 0 Å². The Hall–Kier alpha value is -2.39. The molecule has 2 rings (SSSR count). The van der Waals surface area contributed by atoms with E-state index in [9.17, 15) is 18.0 Å². The predicted molar refractivity (Wildman–Crippen MR) is 63.1 cm³/mol. The smallest absolute Gasteiger partial charge is 0.352 e. The van der Waals surface area contributed by atoms with E-state index in [2.05, 4.69) is 25.1 Å². The summed E-state index contributed by atoms with van der Waals surface area (Å²) in [6, 6.07) is 1.42. The zero-order valence-electron chi connectivity index (χ0n) is 10.6. The van der Waals surface area contributed by atoms with Gasteiger partial charge in [0.2, 0.25) is 5.82 Å². The van der Waals surface area contributed by atoms with Crippen LogP contribution in [0.25, 0.3) is 0 Å². The molecule has 0 aliphatic rings. The highest BCUT2D eigenvalue weighted by Gasteiger charge is 2.35. The van der Waals surface area contributed by atoms with Crippen LogP contribution >= 0.6 is 0 Å². The van der Waals surface area contributed by atoms with Crippen molar-refractivity contribution in [2.24, 2.45) is 0 Å². The first-order valence-electron chi connectivity index (χ1n) is 5.53. The summed E-state index contributed by atoms with van der Waals surface area (Å²) in [5.74, 6) is -0.814. The van der Waals surface area contributed by atoms with Crippen molar-refractivity contribution >= 4 is 5.82 Å². The van der Waals surface area contributed by atoms with Crippen molar-refractivity contribution < 1.29 is 13.2 Å². The van der Waals surface area contributed by atoms with Crippen molar-refractivity contribution in [3.63, 3.8) is 0 Å². The average Bonchev–Trinajstić information content (AvgIpc) is 2.72. The molecule has 2 N–H and O–H groups in total. The fraction of sp³-hybridized carbons (Fsp3) is 0.400. The van der Waals surface area contributed by atoms with E-state index in [-0.39, 0.29) is 18.1 Å². The fourth-order valence-electron chi connectivity index (χ4n) is 1.56. The first kappa shape index (κ1) is 14.0. The van der Waals surface area contributed by atoms with Crippen molar-refractivity contribution in [1.29, 1.82) is 0 Å². The quantitative estimate of drug-likeness (QED) is 0.874. The van der Waals surface area contributed by atoms with Gasteiger partial charge in [0.1, 0.15) is 11.6 Å². The van der Waals surface area contributed by atoms with Crippen molar-refractivity contribution in [3.8, 4) is 0 Å². The van der Waals surface area contributed by atoms with Gasteiger partial charge < -0.3 is 4.90 Å². The van der Waals surface area contributed by atoms with Crippen molar-refractivity contribution in [2.45, 2.75) is 19.6 Å². The van der Waals surface area contributed by atoms with Gasteiger partial charge in [-0.2, -0.15) is 18.3 Å². The van der Waals surface area contributed by atoms with Crippen LogP contribution in [0.15, 0.2) is 10.9 Å². The number of rotatable bonds is 3. The molecule has 20 heavy (non-hydrogen) atoms. The van der Waals surface area contributed by atoms with Crippen LogP contribution in [-0.4, -0.2) is 32.2 Å². The molecular formula is C10H11F3N6O. The second kappa shape index (κ2) is 4.94. The third-order valence-corrected chi connectivity index (χ3v) is 2.42. The number of nitrogens with one attached hydrogen (secondary N) is 2. The van der Waals surface area contributed by atoms with E-state index >= 15 is 0 Å². The zero-order chi connectivity index (χ0) is 14.9. The summed E-state index contributed by atoms with van der Waals surface area (Å²) in [5.41, 5.74) is -0.284. The topological polar surface area (TPSA) is 90.6 Å². The maximum atomic E-state index is 12.6. The molecule has 108 valence electrons. The molecule has 0 saturated heterocycles. The molecule has 2 aromatic heterocycles. The number of alkyl halides is 3. The van der Waals surface area contributed by atoms with Gasteiger partial charge in [0, 0.05) is 18.8 Å². The number of aromatic amines is 2. The first-order chi connectivity index (χ1) is 9.25. The van der Waals surface area contributed by atoms with Crippen LogP contribution in [0.3, 0.4) is 0 Å². The molecule has 0 bridgehead atoms. The lowest BCUT2D eigenvalue weighted by Gasteiger charge is -2.18. The molecule has 10 heteroatoms. The lowest BCUT2D eigenvalue weighted by molar-refractivity contribution is -0.145. The summed E-state index contributed by atoms with van der Waals surface area (Å²) in [6.07, 6.45) is -4.61. The number of hydrogen-bond acceptors (Lipinski definition) is 5. The Kier molecular flexibility index (Phi) is 3.47. The molecule has 0 fully saturated rings. The van der Waals surface area contributed by atoms with E-state index in [1.807, 2.05) is 0 Å². The van der Waals surface area contributed by atoms with Gasteiger partial charge >= 0.3 is 11.9 Å². The third-order valence-electron chi connectivity index (χ3n) is 2.42. The van der Waals surface area contributed by atoms with Crippen LogP contribution in [0.2, 0.25) is 0 Å². The Balaban J connectivity index is 2.27. The number of aromatic nitrogens is 5.